The van der Waals surface area contributed by atoms with Gasteiger partial charge in [0.1, 0.15) is 12.1 Å². The van der Waals surface area contributed by atoms with Crippen LogP contribution in [0.1, 0.15) is 27.2 Å². The Hall–Kier alpha value is -3.10. The highest BCUT2D eigenvalue weighted by Crippen LogP contribution is 2.21. The van der Waals surface area contributed by atoms with E-state index in [4.69, 9.17) is 9.84 Å². The van der Waals surface area contributed by atoms with E-state index in [1.807, 2.05) is 26.8 Å². The molecule has 0 aliphatic carbocycles. The number of carbonyl (C=O) groups excluding carboxylic acids is 1. The fourth-order valence-corrected chi connectivity index (χ4v) is 3.29. The summed E-state index contributed by atoms with van der Waals surface area (Å²) in [7, 11) is 0. The van der Waals surface area contributed by atoms with Crippen molar-refractivity contribution in [2.75, 3.05) is 31.1 Å². The van der Waals surface area contributed by atoms with Crippen LogP contribution in [0.3, 0.4) is 0 Å². The van der Waals surface area contributed by atoms with Crippen molar-refractivity contribution in [1.29, 1.82) is 0 Å². The van der Waals surface area contributed by atoms with Gasteiger partial charge in [0.2, 0.25) is 0 Å². The number of aliphatic carboxylic acids is 1. The molecular formula is C20H26N4O5. The van der Waals surface area contributed by atoms with Crippen LogP contribution in [0.2, 0.25) is 0 Å². The van der Waals surface area contributed by atoms with Crippen LogP contribution in [0.4, 0.5) is 10.5 Å². The van der Waals surface area contributed by atoms with E-state index in [9.17, 15) is 14.4 Å². The molecule has 1 saturated heterocycles. The maximum absolute atomic E-state index is 12.6. The van der Waals surface area contributed by atoms with Crippen LogP contribution in [-0.4, -0.2) is 63.4 Å². The standard InChI is InChI=1S/C20H26N4O5/c1-20(2,3)29-19(28)23-8-4-7-22(9-10-23)14-5-6-16-15(11-14)18(27)24(13-21-16)12-17(25)26/h5-6,11,13H,4,7-10,12H2,1-3H3,(H,25,26). The number of fused-ring (bicyclic) bond motifs is 1. The Morgan fingerprint density at radius 2 is 1.93 bits per heavy atom. The lowest BCUT2D eigenvalue weighted by Gasteiger charge is -2.27. The number of carboxylic acids is 1. The number of carbonyl (C=O) groups is 2. The second-order valence-electron chi connectivity index (χ2n) is 8.08. The fraction of sp³-hybridized carbons (Fsp3) is 0.500. The number of aromatic nitrogens is 2. The topological polar surface area (TPSA) is 105 Å². The number of carboxylic acid groups (broad SMARTS) is 1. The van der Waals surface area contributed by atoms with Crippen molar-refractivity contribution < 1.29 is 19.4 Å². The minimum Gasteiger partial charge on any atom is -0.480 e. The summed E-state index contributed by atoms with van der Waals surface area (Å²) in [5, 5.41) is 9.33. The second-order valence-corrected chi connectivity index (χ2v) is 8.08. The first-order valence-electron chi connectivity index (χ1n) is 9.58. The van der Waals surface area contributed by atoms with Crippen molar-refractivity contribution in [1.82, 2.24) is 14.5 Å². The van der Waals surface area contributed by atoms with Crippen molar-refractivity contribution in [3.8, 4) is 0 Å². The molecule has 9 heteroatoms. The first-order chi connectivity index (χ1) is 13.6. The predicted molar refractivity (Wildman–Crippen MR) is 108 cm³/mol. The van der Waals surface area contributed by atoms with E-state index in [1.54, 1.807) is 17.0 Å². The van der Waals surface area contributed by atoms with Gasteiger partial charge in [-0.1, -0.05) is 0 Å². The minimum absolute atomic E-state index is 0.321. The Morgan fingerprint density at radius 3 is 2.62 bits per heavy atom. The zero-order chi connectivity index (χ0) is 21.2. The molecule has 3 rings (SSSR count). The predicted octanol–water partition coefficient (Wildman–Crippen LogP) is 1.93. The second kappa shape index (κ2) is 8.10. The number of amides is 1. The average molecular weight is 402 g/mol. The molecule has 1 fully saturated rings. The molecule has 2 aromatic rings. The lowest BCUT2D eigenvalue weighted by molar-refractivity contribution is -0.137. The molecule has 9 nitrogen and oxygen atoms in total. The van der Waals surface area contributed by atoms with Crippen LogP contribution in [-0.2, 0) is 16.1 Å². The minimum atomic E-state index is -1.10. The molecule has 1 aromatic carbocycles. The van der Waals surface area contributed by atoms with Crippen LogP contribution in [0.25, 0.3) is 10.9 Å². The fourth-order valence-electron chi connectivity index (χ4n) is 3.29. The van der Waals surface area contributed by atoms with Crippen molar-refractivity contribution in [3.05, 3.63) is 34.9 Å². The van der Waals surface area contributed by atoms with Crippen LogP contribution < -0.4 is 10.5 Å². The largest absolute Gasteiger partial charge is 0.480 e. The summed E-state index contributed by atoms with van der Waals surface area (Å²) in [4.78, 5) is 43.9. The Balaban J connectivity index is 1.80. The summed E-state index contributed by atoms with van der Waals surface area (Å²) in [6, 6.07) is 5.39. The smallest absolute Gasteiger partial charge is 0.410 e. The highest BCUT2D eigenvalue weighted by atomic mass is 16.6. The summed E-state index contributed by atoms with van der Waals surface area (Å²) in [6.45, 7) is 7.55. The molecule has 2 heterocycles. The molecule has 1 aliphatic heterocycles. The third kappa shape index (κ3) is 5.04. The summed E-state index contributed by atoms with van der Waals surface area (Å²) >= 11 is 0. The van der Waals surface area contributed by atoms with E-state index in [0.29, 0.717) is 30.5 Å². The van der Waals surface area contributed by atoms with Gasteiger partial charge in [0.25, 0.3) is 5.56 Å². The molecule has 0 spiro atoms. The van der Waals surface area contributed by atoms with Gasteiger partial charge in [-0.05, 0) is 45.4 Å². The van der Waals surface area contributed by atoms with Gasteiger partial charge in [0.05, 0.1) is 17.2 Å². The maximum atomic E-state index is 12.6. The Labute approximate surface area is 168 Å². The number of anilines is 1. The van der Waals surface area contributed by atoms with Crippen LogP contribution >= 0.6 is 0 Å². The van der Waals surface area contributed by atoms with Gasteiger partial charge in [0.15, 0.2) is 0 Å². The molecule has 29 heavy (non-hydrogen) atoms. The highest BCUT2D eigenvalue weighted by Gasteiger charge is 2.24. The quantitative estimate of drug-likeness (QED) is 0.836. The first-order valence-corrected chi connectivity index (χ1v) is 9.58. The number of hydrogen-bond donors (Lipinski definition) is 1. The lowest BCUT2D eigenvalue weighted by atomic mass is 10.2. The molecule has 1 aliphatic rings. The van der Waals surface area contributed by atoms with Crippen molar-refractivity contribution in [2.45, 2.75) is 39.3 Å². The molecular weight excluding hydrogens is 376 g/mol. The summed E-state index contributed by atoms with van der Waals surface area (Å²) in [6.07, 6.45) is 1.70. The van der Waals surface area contributed by atoms with E-state index in [2.05, 4.69) is 9.88 Å². The van der Waals surface area contributed by atoms with Gasteiger partial charge in [-0.25, -0.2) is 9.78 Å². The summed E-state index contributed by atoms with van der Waals surface area (Å²) < 4.78 is 6.54. The maximum Gasteiger partial charge on any atom is 0.410 e. The Bertz CT molecular complexity index is 979. The van der Waals surface area contributed by atoms with Gasteiger partial charge in [-0.15, -0.1) is 0 Å². The van der Waals surface area contributed by atoms with Gasteiger partial charge >= 0.3 is 12.1 Å². The van der Waals surface area contributed by atoms with Crippen LogP contribution in [0, 0.1) is 0 Å². The first kappa shape index (κ1) is 20.6. The normalized spacial score (nSPS) is 15.3. The molecule has 1 amide bonds. The molecule has 0 atom stereocenters. The van der Waals surface area contributed by atoms with E-state index in [0.717, 1.165) is 23.2 Å². The van der Waals surface area contributed by atoms with Crippen molar-refractivity contribution in [3.63, 3.8) is 0 Å². The van der Waals surface area contributed by atoms with Gasteiger partial charge in [-0.3, -0.25) is 14.2 Å². The number of ether oxygens (including phenoxy) is 1. The number of hydrogen-bond acceptors (Lipinski definition) is 6. The van der Waals surface area contributed by atoms with E-state index >= 15 is 0 Å². The van der Waals surface area contributed by atoms with Gasteiger partial charge < -0.3 is 19.6 Å². The zero-order valence-corrected chi connectivity index (χ0v) is 16.9. The number of rotatable bonds is 3. The highest BCUT2D eigenvalue weighted by molar-refractivity contribution is 5.82. The van der Waals surface area contributed by atoms with Crippen LogP contribution in [0.5, 0.6) is 0 Å². The van der Waals surface area contributed by atoms with E-state index in [1.165, 1.54) is 6.33 Å². The Morgan fingerprint density at radius 1 is 1.17 bits per heavy atom. The average Bonchev–Trinajstić information content (AvgIpc) is 2.88. The third-order valence-corrected chi connectivity index (χ3v) is 4.63. The Kier molecular flexibility index (Phi) is 5.76. The monoisotopic (exact) mass is 402 g/mol. The summed E-state index contributed by atoms with van der Waals surface area (Å²) in [5.41, 5.74) is 0.440. The number of nitrogens with zero attached hydrogens (tertiary/aromatic N) is 4. The number of benzene rings is 1. The molecule has 1 aromatic heterocycles. The molecule has 0 unspecified atom stereocenters. The molecule has 156 valence electrons. The molecule has 1 N–H and O–H groups in total. The molecule has 0 radical (unpaired) electrons. The third-order valence-electron chi connectivity index (χ3n) is 4.63. The van der Waals surface area contributed by atoms with Crippen molar-refractivity contribution in [2.24, 2.45) is 0 Å². The van der Waals surface area contributed by atoms with Crippen molar-refractivity contribution >= 4 is 28.7 Å². The van der Waals surface area contributed by atoms with E-state index in [-0.39, 0.29) is 11.7 Å². The van der Waals surface area contributed by atoms with Gasteiger partial charge in [-0.2, -0.15) is 0 Å². The van der Waals surface area contributed by atoms with Gasteiger partial charge in [0, 0.05) is 31.9 Å². The lowest BCUT2D eigenvalue weighted by Crippen LogP contribution is -2.39. The zero-order valence-electron chi connectivity index (χ0n) is 16.9. The SMILES string of the molecule is CC(C)(C)OC(=O)N1CCCN(c2ccc3ncn(CC(=O)O)c(=O)c3c2)CC1. The molecule has 0 saturated carbocycles. The van der Waals surface area contributed by atoms with E-state index < -0.39 is 18.1 Å². The summed E-state index contributed by atoms with van der Waals surface area (Å²) in [5.74, 6) is -1.10. The van der Waals surface area contributed by atoms with Crippen LogP contribution in [0.15, 0.2) is 29.3 Å². The molecule has 0 bridgehead atoms.